The van der Waals surface area contributed by atoms with Gasteiger partial charge < -0.3 is 0 Å². The van der Waals surface area contributed by atoms with Crippen LogP contribution in [0.5, 0.6) is 0 Å². The molecule has 0 bridgehead atoms. The third kappa shape index (κ3) is 5.33. The molecule has 1 fully saturated rings. The molecule has 20 heavy (non-hydrogen) atoms. The van der Waals surface area contributed by atoms with Crippen molar-refractivity contribution in [2.75, 3.05) is 0 Å². The molecule has 0 aliphatic heterocycles. The van der Waals surface area contributed by atoms with Crippen molar-refractivity contribution in [3.8, 4) is 11.8 Å². The normalized spacial score (nSPS) is 22.1. The van der Waals surface area contributed by atoms with Crippen LogP contribution in [0.1, 0.15) is 63.9 Å². The summed E-state index contributed by atoms with van der Waals surface area (Å²) in [7, 11) is 0. The monoisotopic (exact) mass is 332 g/mol. The summed E-state index contributed by atoms with van der Waals surface area (Å²) >= 11 is 3.46. The molecule has 1 aliphatic carbocycles. The van der Waals surface area contributed by atoms with Gasteiger partial charge >= 0.3 is 0 Å². The van der Waals surface area contributed by atoms with Gasteiger partial charge in [0.15, 0.2) is 0 Å². The number of halogens is 1. The van der Waals surface area contributed by atoms with Crippen LogP contribution in [0.3, 0.4) is 0 Å². The maximum Gasteiger partial charge on any atom is 0.0246 e. The summed E-state index contributed by atoms with van der Waals surface area (Å²) in [6.07, 6.45) is 11.0. The van der Waals surface area contributed by atoms with Crippen molar-refractivity contribution >= 4 is 15.9 Å². The SMILES string of the molecule is CCCCCC1CCC(C#Cc2ccc(Br)cc2)CC1. The van der Waals surface area contributed by atoms with Crippen LogP contribution < -0.4 is 0 Å². The van der Waals surface area contributed by atoms with Crippen molar-refractivity contribution in [1.29, 1.82) is 0 Å². The minimum absolute atomic E-state index is 0.626. The fourth-order valence-corrected chi connectivity index (χ4v) is 3.26. The van der Waals surface area contributed by atoms with Gasteiger partial charge in [-0.25, -0.2) is 0 Å². The highest BCUT2D eigenvalue weighted by Gasteiger charge is 2.19. The Bertz CT molecular complexity index is 441. The largest absolute Gasteiger partial charge is 0.0945 e. The molecular weight excluding hydrogens is 308 g/mol. The number of benzene rings is 1. The molecule has 1 aromatic rings. The Labute approximate surface area is 132 Å². The average molecular weight is 333 g/mol. The first-order chi connectivity index (χ1) is 9.78. The van der Waals surface area contributed by atoms with Gasteiger partial charge in [-0.05, 0) is 55.9 Å². The third-order valence-corrected chi connectivity index (χ3v) is 4.86. The average Bonchev–Trinajstić information content (AvgIpc) is 2.48. The van der Waals surface area contributed by atoms with E-state index in [1.165, 1.54) is 51.4 Å². The summed E-state index contributed by atoms with van der Waals surface area (Å²) in [6, 6.07) is 8.31. The Hall–Kier alpha value is -0.740. The molecule has 1 aromatic carbocycles. The molecule has 0 N–H and O–H groups in total. The van der Waals surface area contributed by atoms with Crippen molar-refractivity contribution in [1.82, 2.24) is 0 Å². The smallest absolute Gasteiger partial charge is 0.0246 e. The van der Waals surface area contributed by atoms with Crippen LogP contribution in [0.15, 0.2) is 28.7 Å². The van der Waals surface area contributed by atoms with E-state index in [9.17, 15) is 0 Å². The third-order valence-electron chi connectivity index (χ3n) is 4.33. The predicted octanol–water partition coefficient (Wildman–Crippen LogP) is 6.19. The van der Waals surface area contributed by atoms with Crippen molar-refractivity contribution in [2.24, 2.45) is 11.8 Å². The molecule has 1 heteroatoms. The molecule has 0 atom stereocenters. The van der Waals surface area contributed by atoms with Gasteiger partial charge in [0, 0.05) is 16.0 Å². The van der Waals surface area contributed by atoms with Crippen LogP contribution in [-0.4, -0.2) is 0 Å². The van der Waals surface area contributed by atoms with E-state index >= 15 is 0 Å². The summed E-state index contributed by atoms with van der Waals surface area (Å²) in [5.74, 6) is 8.42. The minimum Gasteiger partial charge on any atom is -0.0945 e. The Morgan fingerprint density at radius 1 is 1.05 bits per heavy atom. The molecular formula is C19H25Br. The second-order valence-electron chi connectivity index (χ2n) is 5.99. The summed E-state index contributed by atoms with van der Waals surface area (Å²) in [4.78, 5) is 0. The van der Waals surface area contributed by atoms with Crippen LogP contribution in [0.4, 0.5) is 0 Å². The second kappa shape index (κ2) is 8.53. The topological polar surface area (TPSA) is 0 Å². The first-order valence-corrected chi connectivity index (χ1v) is 8.84. The molecule has 0 aromatic heterocycles. The maximum absolute atomic E-state index is 3.48. The van der Waals surface area contributed by atoms with Gasteiger partial charge in [-0.2, -0.15) is 0 Å². The predicted molar refractivity (Wildman–Crippen MR) is 90.6 cm³/mol. The van der Waals surface area contributed by atoms with Crippen molar-refractivity contribution in [2.45, 2.75) is 58.3 Å². The standard InChI is InChI=1S/C19H25Br/c1-2-3-4-5-16-6-8-17(9-7-16)10-11-18-12-14-19(20)15-13-18/h12-17H,2-9H2,1H3. The number of hydrogen-bond acceptors (Lipinski definition) is 0. The van der Waals surface area contributed by atoms with E-state index in [2.05, 4.69) is 59.0 Å². The zero-order valence-electron chi connectivity index (χ0n) is 12.5. The van der Waals surface area contributed by atoms with Crippen LogP contribution in [0.2, 0.25) is 0 Å². The van der Waals surface area contributed by atoms with Gasteiger partial charge in [-0.1, -0.05) is 60.4 Å². The van der Waals surface area contributed by atoms with Gasteiger partial charge in [0.2, 0.25) is 0 Å². The number of rotatable bonds is 4. The van der Waals surface area contributed by atoms with E-state index in [0.717, 1.165) is 16.0 Å². The quantitative estimate of drug-likeness (QED) is 0.455. The molecule has 108 valence electrons. The molecule has 1 aliphatic rings. The van der Waals surface area contributed by atoms with E-state index < -0.39 is 0 Å². The van der Waals surface area contributed by atoms with E-state index in [1.807, 2.05) is 0 Å². The Balaban J connectivity index is 1.76. The van der Waals surface area contributed by atoms with Crippen LogP contribution in [0, 0.1) is 23.7 Å². The first kappa shape index (κ1) is 15.6. The summed E-state index contributed by atoms with van der Waals surface area (Å²) in [5, 5.41) is 0. The van der Waals surface area contributed by atoms with Crippen LogP contribution in [-0.2, 0) is 0 Å². The van der Waals surface area contributed by atoms with Gasteiger partial charge in [-0.15, -0.1) is 0 Å². The Kier molecular flexibility index (Phi) is 6.67. The molecule has 0 spiro atoms. The van der Waals surface area contributed by atoms with Crippen LogP contribution in [0.25, 0.3) is 0 Å². The van der Waals surface area contributed by atoms with Crippen molar-refractivity contribution in [3.05, 3.63) is 34.3 Å². The fraction of sp³-hybridized carbons (Fsp3) is 0.579. The lowest BCUT2D eigenvalue weighted by Gasteiger charge is -2.25. The molecule has 2 rings (SSSR count). The molecule has 0 nitrogen and oxygen atoms in total. The zero-order chi connectivity index (χ0) is 14.2. The lowest BCUT2D eigenvalue weighted by atomic mass is 9.80. The van der Waals surface area contributed by atoms with E-state index in [1.54, 1.807) is 0 Å². The molecule has 0 saturated heterocycles. The van der Waals surface area contributed by atoms with Crippen molar-refractivity contribution < 1.29 is 0 Å². The molecule has 0 heterocycles. The molecule has 0 radical (unpaired) electrons. The minimum atomic E-state index is 0.626. The molecule has 0 unspecified atom stereocenters. The Morgan fingerprint density at radius 3 is 2.40 bits per heavy atom. The summed E-state index contributed by atoms with van der Waals surface area (Å²) in [6.45, 7) is 2.29. The molecule has 1 saturated carbocycles. The highest BCUT2D eigenvalue weighted by Crippen LogP contribution is 2.31. The highest BCUT2D eigenvalue weighted by molar-refractivity contribution is 9.10. The van der Waals surface area contributed by atoms with Gasteiger partial charge in [0.05, 0.1) is 0 Å². The number of unbranched alkanes of at least 4 members (excludes halogenated alkanes) is 2. The van der Waals surface area contributed by atoms with E-state index in [-0.39, 0.29) is 0 Å². The second-order valence-corrected chi connectivity index (χ2v) is 6.91. The fourth-order valence-electron chi connectivity index (χ4n) is 3.00. The number of hydrogen-bond donors (Lipinski definition) is 0. The van der Waals surface area contributed by atoms with Gasteiger partial charge in [-0.3, -0.25) is 0 Å². The molecule has 0 amide bonds. The highest BCUT2D eigenvalue weighted by atomic mass is 79.9. The van der Waals surface area contributed by atoms with Crippen LogP contribution >= 0.6 is 15.9 Å². The maximum atomic E-state index is 3.48. The zero-order valence-corrected chi connectivity index (χ0v) is 14.1. The summed E-state index contributed by atoms with van der Waals surface area (Å²) < 4.78 is 1.12. The van der Waals surface area contributed by atoms with E-state index in [0.29, 0.717) is 5.92 Å². The van der Waals surface area contributed by atoms with Gasteiger partial charge in [0.1, 0.15) is 0 Å². The Morgan fingerprint density at radius 2 is 1.75 bits per heavy atom. The van der Waals surface area contributed by atoms with E-state index in [4.69, 9.17) is 0 Å². The van der Waals surface area contributed by atoms with Crippen molar-refractivity contribution in [3.63, 3.8) is 0 Å². The first-order valence-electron chi connectivity index (χ1n) is 8.05. The van der Waals surface area contributed by atoms with Gasteiger partial charge in [0.25, 0.3) is 0 Å². The lowest BCUT2D eigenvalue weighted by molar-refractivity contribution is 0.294. The summed E-state index contributed by atoms with van der Waals surface area (Å²) in [5.41, 5.74) is 1.14. The lowest BCUT2D eigenvalue weighted by Crippen LogP contribution is -2.13.